The lowest BCUT2D eigenvalue weighted by Crippen LogP contribution is -2.54. The van der Waals surface area contributed by atoms with Gasteiger partial charge in [-0.1, -0.05) is 18.9 Å². The van der Waals surface area contributed by atoms with Crippen molar-refractivity contribution in [2.24, 2.45) is 10.2 Å². The molecule has 0 radical (unpaired) electrons. The highest BCUT2D eigenvalue weighted by atomic mass is 16.2. The van der Waals surface area contributed by atoms with E-state index in [1.807, 2.05) is 29.2 Å². The number of hydrogen-bond donors (Lipinski definition) is 2. The quantitative estimate of drug-likeness (QED) is 0.202. The zero-order valence-electron chi connectivity index (χ0n) is 34.8. The van der Waals surface area contributed by atoms with Crippen LogP contribution in [-0.2, 0) is 22.4 Å². The normalized spacial score (nSPS) is 19.3. The van der Waals surface area contributed by atoms with Crippen molar-refractivity contribution < 1.29 is 28.8 Å². The van der Waals surface area contributed by atoms with Gasteiger partial charge in [0.15, 0.2) is 0 Å². The highest BCUT2D eigenvalue weighted by Gasteiger charge is 2.45. The standard InChI is InChI=1S/C45H44N12O6/c1-53(2)44(63)36-21-28-23-47-45(50-39(28)56(36)29-5-3-4-6-29)48-37-13-11-30(24-46-37)54-15-17-55(18-16-54)41(60)27-10-8-25-7-9-26-19-31-32(22-34(26)52-51-33(25)20-27)43(62)57(42(31)61)35-12-14-38(58)49-40(35)59/h8,10-11,13,19-24,29,35H,3-7,9,12,14-18H2,1-2H3,(H,49,58,59)(H,46,47,48,50)/b52-51-. The lowest BCUT2D eigenvalue weighted by Gasteiger charge is -2.36. The summed E-state index contributed by atoms with van der Waals surface area (Å²) in [6, 6.07) is 13.5. The Morgan fingerprint density at radius 3 is 2.22 bits per heavy atom. The molecule has 1 aliphatic carbocycles. The molecule has 18 heteroatoms. The SMILES string of the molecule is CN(C)C(=O)c1cc2cnc(Nc3ccc(N4CCN(C(=O)c5ccc6c(c5)/N=N\c5cc7c(cc5CC6)C(=O)N(C5CCC(=O)NC5=O)C7=O)CC4)cn3)nc2n1C1CCCC1. The minimum absolute atomic E-state index is 0.0377. The highest BCUT2D eigenvalue weighted by Crippen LogP contribution is 2.38. The van der Waals surface area contributed by atoms with Crippen molar-refractivity contribution in [3.63, 3.8) is 0 Å². The summed E-state index contributed by atoms with van der Waals surface area (Å²) in [6.07, 6.45) is 8.97. The van der Waals surface area contributed by atoms with Gasteiger partial charge in [-0.25, -0.2) is 9.97 Å². The largest absolute Gasteiger partial charge is 0.367 e. The highest BCUT2D eigenvalue weighted by molar-refractivity contribution is 6.24. The molecule has 0 spiro atoms. The Hall–Kier alpha value is -7.37. The zero-order valence-corrected chi connectivity index (χ0v) is 34.8. The molecule has 18 nitrogen and oxygen atoms in total. The second-order valence-corrected chi connectivity index (χ2v) is 16.8. The molecule has 1 saturated carbocycles. The van der Waals surface area contributed by atoms with Crippen LogP contribution in [0.3, 0.4) is 0 Å². The van der Waals surface area contributed by atoms with Crippen LogP contribution >= 0.6 is 0 Å². The zero-order chi connectivity index (χ0) is 43.5. The van der Waals surface area contributed by atoms with Crippen LogP contribution in [0.25, 0.3) is 11.0 Å². The van der Waals surface area contributed by atoms with Crippen molar-refractivity contribution in [2.75, 3.05) is 50.5 Å². The van der Waals surface area contributed by atoms with E-state index >= 15 is 0 Å². The second-order valence-electron chi connectivity index (χ2n) is 16.8. The van der Waals surface area contributed by atoms with Crippen molar-refractivity contribution >= 4 is 75.3 Å². The maximum absolute atomic E-state index is 13.8. The van der Waals surface area contributed by atoms with Gasteiger partial charge >= 0.3 is 0 Å². The Morgan fingerprint density at radius 2 is 1.51 bits per heavy atom. The minimum Gasteiger partial charge on any atom is -0.367 e. The molecular formula is C45H44N12O6. The number of azo groups is 1. The number of anilines is 3. The maximum atomic E-state index is 13.8. The third-order valence-corrected chi connectivity index (χ3v) is 12.7. The summed E-state index contributed by atoms with van der Waals surface area (Å²) in [5.74, 6) is -1.47. The van der Waals surface area contributed by atoms with E-state index in [9.17, 15) is 28.8 Å². The number of amides is 6. The summed E-state index contributed by atoms with van der Waals surface area (Å²) in [4.78, 5) is 98.5. The number of rotatable bonds is 7. The number of hydrogen-bond acceptors (Lipinski definition) is 13. The molecule has 7 heterocycles. The van der Waals surface area contributed by atoms with Crippen molar-refractivity contribution in [1.82, 2.24) is 39.5 Å². The second kappa shape index (κ2) is 15.8. The molecule has 3 fully saturated rings. The van der Waals surface area contributed by atoms with Crippen LogP contribution in [0.4, 0.5) is 28.8 Å². The molecule has 3 aromatic heterocycles. The summed E-state index contributed by atoms with van der Waals surface area (Å²) in [5, 5.41) is 15.2. The molecular weight excluding hydrogens is 805 g/mol. The fourth-order valence-electron chi connectivity index (χ4n) is 9.33. The number of imide groups is 2. The van der Waals surface area contributed by atoms with E-state index in [4.69, 9.17) is 4.98 Å². The number of piperazine rings is 1. The molecule has 320 valence electrons. The van der Waals surface area contributed by atoms with E-state index in [0.717, 1.165) is 58.4 Å². The summed E-state index contributed by atoms with van der Waals surface area (Å²) in [5.41, 5.74) is 5.72. The number of aromatic nitrogens is 4. The van der Waals surface area contributed by atoms with E-state index in [0.29, 0.717) is 73.4 Å². The van der Waals surface area contributed by atoms with Crippen molar-refractivity contribution in [1.29, 1.82) is 0 Å². The number of nitrogens with one attached hydrogen (secondary N) is 2. The molecule has 0 bridgehead atoms. The van der Waals surface area contributed by atoms with Crippen LogP contribution in [0.1, 0.15) is 97.3 Å². The molecule has 2 aromatic carbocycles. The van der Waals surface area contributed by atoms with Crippen LogP contribution in [0.2, 0.25) is 0 Å². The van der Waals surface area contributed by atoms with Gasteiger partial charge in [0.25, 0.3) is 23.6 Å². The van der Waals surface area contributed by atoms with Crippen LogP contribution in [0.15, 0.2) is 71.2 Å². The fraction of sp³-hybridized carbons (Fsp3) is 0.356. The Bertz CT molecular complexity index is 2780. The topological polar surface area (TPSA) is 208 Å². The molecule has 5 aliphatic rings. The Balaban J connectivity index is 0.784. The Kier molecular flexibility index (Phi) is 9.99. The van der Waals surface area contributed by atoms with E-state index in [1.165, 1.54) is 6.07 Å². The third kappa shape index (κ3) is 7.23. The number of nitrogens with zero attached hydrogens (tertiary/aromatic N) is 10. The van der Waals surface area contributed by atoms with Crippen LogP contribution in [-0.4, -0.2) is 116 Å². The fourth-order valence-corrected chi connectivity index (χ4v) is 9.33. The molecule has 5 aromatic rings. The van der Waals surface area contributed by atoms with Crippen molar-refractivity contribution in [3.05, 3.63) is 94.4 Å². The van der Waals surface area contributed by atoms with Gasteiger partial charge in [-0.2, -0.15) is 15.2 Å². The molecule has 1 unspecified atom stereocenters. The monoisotopic (exact) mass is 848 g/mol. The summed E-state index contributed by atoms with van der Waals surface area (Å²) >= 11 is 0. The maximum Gasteiger partial charge on any atom is 0.270 e. The Labute approximate surface area is 361 Å². The molecule has 10 rings (SSSR count). The van der Waals surface area contributed by atoms with Gasteiger partial charge in [-0.15, -0.1) is 0 Å². The van der Waals surface area contributed by atoms with Crippen LogP contribution in [0.5, 0.6) is 0 Å². The van der Waals surface area contributed by atoms with E-state index < -0.39 is 29.7 Å². The van der Waals surface area contributed by atoms with E-state index in [-0.39, 0.29) is 41.8 Å². The first-order valence-corrected chi connectivity index (χ1v) is 21.3. The number of fused-ring (bicyclic) bond motifs is 4. The number of aryl methyl sites for hydroxylation is 2. The van der Waals surface area contributed by atoms with Crippen LogP contribution in [0, 0.1) is 0 Å². The van der Waals surface area contributed by atoms with Gasteiger partial charge in [0, 0.05) is 69.9 Å². The Morgan fingerprint density at radius 1 is 0.778 bits per heavy atom. The minimum atomic E-state index is -1.06. The number of carbonyl (C=O) groups is 6. The first-order chi connectivity index (χ1) is 30.5. The molecule has 2 N–H and O–H groups in total. The van der Waals surface area contributed by atoms with Crippen molar-refractivity contribution in [2.45, 2.75) is 63.5 Å². The first kappa shape index (κ1) is 39.7. The van der Waals surface area contributed by atoms with Gasteiger partial charge in [-0.3, -0.25) is 39.0 Å². The van der Waals surface area contributed by atoms with Gasteiger partial charge in [0.1, 0.15) is 23.2 Å². The number of pyridine rings is 1. The average Bonchev–Trinajstić information content (AvgIpc) is 4.01. The van der Waals surface area contributed by atoms with Gasteiger partial charge in [-0.05, 0) is 85.7 Å². The molecule has 63 heavy (non-hydrogen) atoms. The first-order valence-electron chi connectivity index (χ1n) is 21.3. The molecule has 6 amide bonds. The smallest absolute Gasteiger partial charge is 0.270 e. The number of carbonyl (C=O) groups excluding carboxylic acids is 6. The van der Waals surface area contributed by atoms with Gasteiger partial charge in [0.2, 0.25) is 17.8 Å². The van der Waals surface area contributed by atoms with E-state index in [1.54, 1.807) is 49.6 Å². The molecule has 1 atom stereocenters. The molecule has 2 saturated heterocycles. The summed E-state index contributed by atoms with van der Waals surface area (Å²) in [6.45, 7) is 2.23. The summed E-state index contributed by atoms with van der Waals surface area (Å²) in [7, 11) is 3.51. The average molecular weight is 849 g/mol. The summed E-state index contributed by atoms with van der Waals surface area (Å²) < 4.78 is 2.08. The van der Waals surface area contributed by atoms with Crippen molar-refractivity contribution in [3.8, 4) is 0 Å². The number of piperidine rings is 1. The predicted molar refractivity (Wildman–Crippen MR) is 230 cm³/mol. The lowest BCUT2D eigenvalue weighted by atomic mass is 9.96. The lowest BCUT2D eigenvalue weighted by molar-refractivity contribution is -0.136. The van der Waals surface area contributed by atoms with Gasteiger partial charge < -0.3 is 24.6 Å². The molecule has 4 aliphatic heterocycles. The predicted octanol–water partition coefficient (Wildman–Crippen LogP) is 5.26. The van der Waals surface area contributed by atoms with Crippen LogP contribution < -0.4 is 15.5 Å². The third-order valence-electron chi connectivity index (χ3n) is 12.7. The van der Waals surface area contributed by atoms with E-state index in [2.05, 4.69) is 40.3 Å². The van der Waals surface area contributed by atoms with Gasteiger partial charge in [0.05, 0.1) is 34.4 Å². The number of benzene rings is 2.